The molecule has 144 valence electrons. The van der Waals surface area contributed by atoms with Crippen molar-refractivity contribution in [3.63, 3.8) is 0 Å². The number of thiophene rings is 1. The summed E-state index contributed by atoms with van der Waals surface area (Å²) in [6.45, 7) is 5.85. The molecule has 1 rings (SSSR count). The van der Waals surface area contributed by atoms with Gasteiger partial charge < -0.3 is 9.47 Å². The molecule has 0 aliphatic rings. The SMILES string of the molecule is CCCCC(CC)COCCCNS(=O)(=O)c1ccsc1C(=O)OC. The van der Waals surface area contributed by atoms with Gasteiger partial charge in [0, 0.05) is 19.8 Å². The highest BCUT2D eigenvalue weighted by molar-refractivity contribution is 7.89. The average molecular weight is 392 g/mol. The molecule has 0 radical (unpaired) electrons. The Morgan fingerprint density at radius 3 is 2.72 bits per heavy atom. The summed E-state index contributed by atoms with van der Waals surface area (Å²) in [7, 11) is -2.49. The van der Waals surface area contributed by atoms with Gasteiger partial charge in [-0.2, -0.15) is 0 Å². The first kappa shape index (κ1) is 22.1. The lowest BCUT2D eigenvalue weighted by Crippen LogP contribution is -2.26. The Hall–Kier alpha value is -0.960. The molecule has 6 nitrogen and oxygen atoms in total. The molecule has 8 heteroatoms. The highest BCUT2D eigenvalue weighted by Gasteiger charge is 2.24. The third-order valence-electron chi connectivity index (χ3n) is 3.94. The van der Waals surface area contributed by atoms with Crippen molar-refractivity contribution >= 4 is 27.3 Å². The number of hydrogen-bond acceptors (Lipinski definition) is 6. The lowest BCUT2D eigenvalue weighted by atomic mass is 10.0. The number of methoxy groups -OCH3 is 1. The van der Waals surface area contributed by atoms with Crippen molar-refractivity contribution in [1.29, 1.82) is 0 Å². The quantitative estimate of drug-likeness (QED) is 0.411. The number of hydrogen-bond donors (Lipinski definition) is 1. The van der Waals surface area contributed by atoms with Crippen LogP contribution in [0.3, 0.4) is 0 Å². The minimum absolute atomic E-state index is 0.0316. The second-order valence-corrected chi connectivity index (χ2v) is 8.50. The van der Waals surface area contributed by atoms with Gasteiger partial charge in [-0.3, -0.25) is 0 Å². The lowest BCUT2D eigenvalue weighted by Gasteiger charge is -2.14. The molecule has 1 N–H and O–H groups in total. The predicted molar refractivity (Wildman–Crippen MR) is 99.6 cm³/mol. The summed E-state index contributed by atoms with van der Waals surface area (Å²) < 4.78 is 37.4. The molecule has 1 heterocycles. The molecule has 1 atom stereocenters. The Morgan fingerprint density at radius 1 is 1.32 bits per heavy atom. The number of rotatable bonds is 13. The zero-order valence-corrected chi connectivity index (χ0v) is 16.9. The van der Waals surface area contributed by atoms with E-state index in [0.717, 1.165) is 24.4 Å². The molecular weight excluding hydrogens is 362 g/mol. The lowest BCUT2D eigenvalue weighted by molar-refractivity contribution is 0.0602. The Balaban J connectivity index is 2.36. The normalized spacial score (nSPS) is 12.9. The van der Waals surface area contributed by atoms with Gasteiger partial charge >= 0.3 is 5.97 Å². The highest BCUT2D eigenvalue weighted by atomic mass is 32.2. The summed E-state index contributed by atoms with van der Waals surface area (Å²) >= 11 is 1.05. The van der Waals surface area contributed by atoms with Gasteiger partial charge in [0.15, 0.2) is 0 Å². The second kappa shape index (κ2) is 11.6. The second-order valence-electron chi connectivity index (χ2n) is 5.85. The average Bonchev–Trinajstić information content (AvgIpc) is 3.10. The summed E-state index contributed by atoms with van der Waals surface area (Å²) in [5.74, 6) is -0.0681. The van der Waals surface area contributed by atoms with Gasteiger partial charge in [-0.15, -0.1) is 11.3 Å². The van der Waals surface area contributed by atoms with Crippen LogP contribution >= 0.6 is 11.3 Å². The van der Waals surface area contributed by atoms with Gasteiger partial charge in [-0.05, 0) is 30.2 Å². The highest BCUT2D eigenvalue weighted by Crippen LogP contribution is 2.22. The number of ether oxygens (including phenoxy) is 2. The molecule has 0 saturated heterocycles. The molecule has 25 heavy (non-hydrogen) atoms. The summed E-state index contributed by atoms with van der Waals surface area (Å²) in [4.78, 5) is 11.7. The van der Waals surface area contributed by atoms with Gasteiger partial charge in [-0.1, -0.05) is 33.1 Å². The van der Waals surface area contributed by atoms with E-state index in [2.05, 4.69) is 23.3 Å². The molecule has 0 spiro atoms. The Labute approximate surface area is 155 Å². The van der Waals surface area contributed by atoms with Crippen LogP contribution in [0.4, 0.5) is 0 Å². The van der Waals surface area contributed by atoms with E-state index in [1.165, 1.54) is 32.4 Å². The third-order valence-corrected chi connectivity index (χ3v) is 6.47. The van der Waals surface area contributed by atoms with Crippen LogP contribution in [0, 0.1) is 5.92 Å². The van der Waals surface area contributed by atoms with Crippen molar-refractivity contribution < 1.29 is 22.7 Å². The third kappa shape index (κ3) is 7.43. The van der Waals surface area contributed by atoms with Crippen LogP contribution < -0.4 is 4.72 Å². The molecule has 0 bridgehead atoms. The fraction of sp³-hybridized carbons (Fsp3) is 0.706. The van der Waals surface area contributed by atoms with Crippen LogP contribution in [0.5, 0.6) is 0 Å². The number of esters is 1. The van der Waals surface area contributed by atoms with E-state index in [4.69, 9.17) is 4.74 Å². The minimum atomic E-state index is -3.72. The number of nitrogens with one attached hydrogen (secondary N) is 1. The Bertz CT molecular complexity index is 612. The Kier molecular flexibility index (Phi) is 10.3. The van der Waals surface area contributed by atoms with E-state index < -0.39 is 16.0 Å². The first-order valence-electron chi connectivity index (χ1n) is 8.69. The van der Waals surface area contributed by atoms with Crippen LogP contribution in [0.25, 0.3) is 0 Å². The predicted octanol–water partition coefficient (Wildman–Crippen LogP) is 3.44. The maximum atomic E-state index is 12.3. The summed E-state index contributed by atoms with van der Waals surface area (Å²) in [5, 5.41) is 1.56. The zero-order valence-electron chi connectivity index (χ0n) is 15.2. The molecule has 0 aliphatic heterocycles. The number of sulfonamides is 1. The molecule has 1 aromatic rings. The first-order valence-corrected chi connectivity index (χ1v) is 11.1. The van der Waals surface area contributed by atoms with Crippen molar-refractivity contribution in [1.82, 2.24) is 4.72 Å². The number of unbranched alkanes of at least 4 members (excludes halogenated alkanes) is 1. The Morgan fingerprint density at radius 2 is 2.08 bits per heavy atom. The van der Waals surface area contributed by atoms with Crippen LogP contribution in [-0.2, 0) is 19.5 Å². The molecule has 0 saturated carbocycles. The standard InChI is InChI=1S/C17H29NO5S2/c1-4-6-8-14(5-2)13-23-11-7-10-18-25(20,21)15-9-12-24-16(15)17(19)22-3/h9,12,14,18H,4-8,10-11,13H2,1-3H3. The topological polar surface area (TPSA) is 81.7 Å². The van der Waals surface area contributed by atoms with E-state index in [1.807, 2.05) is 0 Å². The summed E-state index contributed by atoms with van der Waals surface area (Å²) in [6, 6.07) is 1.41. The number of carbonyl (C=O) groups is 1. The van der Waals surface area contributed by atoms with E-state index in [1.54, 1.807) is 5.38 Å². The van der Waals surface area contributed by atoms with Gasteiger partial charge in [0.05, 0.1) is 7.11 Å². The van der Waals surface area contributed by atoms with Gasteiger partial charge in [-0.25, -0.2) is 17.9 Å². The van der Waals surface area contributed by atoms with Gasteiger partial charge in [0.25, 0.3) is 0 Å². The maximum Gasteiger partial charge on any atom is 0.349 e. The molecule has 0 amide bonds. The van der Waals surface area contributed by atoms with Crippen LogP contribution in [-0.4, -0.2) is 41.3 Å². The maximum absolute atomic E-state index is 12.3. The molecule has 0 aromatic carbocycles. The molecule has 0 fully saturated rings. The smallest absolute Gasteiger partial charge is 0.349 e. The molecule has 1 aromatic heterocycles. The zero-order chi connectivity index (χ0) is 18.7. The van der Waals surface area contributed by atoms with Crippen molar-refractivity contribution in [2.75, 3.05) is 26.9 Å². The van der Waals surface area contributed by atoms with Crippen LogP contribution in [0.1, 0.15) is 55.6 Å². The summed E-state index contributed by atoms with van der Waals surface area (Å²) in [5.41, 5.74) is 0. The van der Waals surface area contributed by atoms with E-state index >= 15 is 0 Å². The van der Waals surface area contributed by atoms with Crippen molar-refractivity contribution in [2.24, 2.45) is 5.92 Å². The van der Waals surface area contributed by atoms with Crippen molar-refractivity contribution in [3.8, 4) is 0 Å². The van der Waals surface area contributed by atoms with E-state index in [9.17, 15) is 13.2 Å². The molecular formula is C17H29NO5S2. The largest absolute Gasteiger partial charge is 0.465 e. The van der Waals surface area contributed by atoms with Crippen LogP contribution in [0.15, 0.2) is 16.3 Å². The minimum Gasteiger partial charge on any atom is -0.465 e. The first-order chi connectivity index (χ1) is 12.0. The van der Waals surface area contributed by atoms with E-state index in [-0.39, 0.29) is 16.3 Å². The van der Waals surface area contributed by atoms with E-state index in [0.29, 0.717) is 18.9 Å². The fourth-order valence-corrected chi connectivity index (χ4v) is 4.76. The van der Waals surface area contributed by atoms with Crippen molar-refractivity contribution in [2.45, 2.75) is 50.8 Å². The summed E-state index contributed by atoms with van der Waals surface area (Å²) in [6.07, 6.45) is 5.26. The molecule has 0 aliphatic carbocycles. The monoisotopic (exact) mass is 391 g/mol. The van der Waals surface area contributed by atoms with Crippen molar-refractivity contribution in [3.05, 3.63) is 16.3 Å². The number of carbonyl (C=O) groups excluding carboxylic acids is 1. The van der Waals surface area contributed by atoms with Gasteiger partial charge in [0.2, 0.25) is 10.0 Å². The van der Waals surface area contributed by atoms with Crippen LogP contribution in [0.2, 0.25) is 0 Å². The van der Waals surface area contributed by atoms with Gasteiger partial charge in [0.1, 0.15) is 9.77 Å². The molecule has 1 unspecified atom stereocenters. The fourth-order valence-electron chi connectivity index (χ4n) is 2.36.